The molecule has 1 saturated heterocycles. The summed E-state index contributed by atoms with van der Waals surface area (Å²) in [5.41, 5.74) is 1.44. The Morgan fingerprint density at radius 2 is 1.72 bits per heavy atom. The van der Waals surface area contributed by atoms with Crippen molar-refractivity contribution < 1.29 is 27.5 Å². The standard InChI is InChI=1S/C26H33N3O6S/c1-26(2,3)35-25(31)17-8-10-18(11-9-17)29-23-19-6-4-5-7-21(19)36(32,33)16-20(23)22(27-29)24(30)28-12-14-34-15-13-28/h4-7,17-18H,8-16H2,1-3H3. The Morgan fingerprint density at radius 3 is 2.39 bits per heavy atom. The van der Waals surface area contributed by atoms with Gasteiger partial charge in [0.1, 0.15) is 5.60 Å². The number of aromatic nitrogens is 2. The van der Waals surface area contributed by atoms with Gasteiger partial charge >= 0.3 is 5.97 Å². The molecule has 3 aliphatic rings. The molecule has 1 aromatic heterocycles. The lowest BCUT2D eigenvalue weighted by Gasteiger charge is -2.31. The molecule has 36 heavy (non-hydrogen) atoms. The van der Waals surface area contributed by atoms with E-state index in [1.165, 1.54) is 0 Å². The summed E-state index contributed by atoms with van der Waals surface area (Å²) >= 11 is 0. The van der Waals surface area contributed by atoms with Crippen LogP contribution in [0.2, 0.25) is 0 Å². The molecule has 194 valence electrons. The maximum Gasteiger partial charge on any atom is 0.309 e. The number of hydrogen-bond acceptors (Lipinski definition) is 7. The van der Waals surface area contributed by atoms with E-state index in [9.17, 15) is 18.0 Å². The number of amides is 1. The molecule has 10 heteroatoms. The lowest BCUT2D eigenvalue weighted by molar-refractivity contribution is -0.161. The van der Waals surface area contributed by atoms with Crippen molar-refractivity contribution in [2.24, 2.45) is 5.92 Å². The third kappa shape index (κ3) is 4.68. The molecule has 1 amide bonds. The second-order valence-electron chi connectivity index (χ2n) is 10.8. The highest BCUT2D eigenvalue weighted by Crippen LogP contribution is 2.43. The average molecular weight is 516 g/mol. The second kappa shape index (κ2) is 9.30. The zero-order chi connectivity index (χ0) is 25.7. The van der Waals surface area contributed by atoms with Gasteiger partial charge in [0.15, 0.2) is 15.5 Å². The molecule has 1 saturated carbocycles. The van der Waals surface area contributed by atoms with E-state index in [1.54, 1.807) is 23.1 Å². The van der Waals surface area contributed by atoms with Crippen LogP contribution in [0.15, 0.2) is 29.2 Å². The van der Waals surface area contributed by atoms with Crippen LogP contribution < -0.4 is 0 Å². The normalized spacial score (nSPS) is 23.5. The molecule has 1 aromatic carbocycles. The van der Waals surface area contributed by atoms with Crippen molar-refractivity contribution >= 4 is 21.7 Å². The number of esters is 1. The smallest absolute Gasteiger partial charge is 0.309 e. The van der Waals surface area contributed by atoms with Crippen molar-refractivity contribution in [3.63, 3.8) is 0 Å². The van der Waals surface area contributed by atoms with Crippen molar-refractivity contribution in [1.29, 1.82) is 0 Å². The third-order valence-electron chi connectivity index (χ3n) is 7.10. The Hall–Kier alpha value is -2.72. The van der Waals surface area contributed by atoms with Crippen LogP contribution in [-0.4, -0.2) is 66.9 Å². The van der Waals surface area contributed by atoms with Gasteiger partial charge in [0.2, 0.25) is 0 Å². The quantitative estimate of drug-likeness (QED) is 0.577. The first-order chi connectivity index (χ1) is 17.0. The predicted octanol–water partition coefficient (Wildman–Crippen LogP) is 3.38. The first-order valence-electron chi connectivity index (χ1n) is 12.6. The Morgan fingerprint density at radius 1 is 1.06 bits per heavy atom. The van der Waals surface area contributed by atoms with Crippen LogP contribution in [0.1, 0.15) is 68.5 Å². The van der Waals surface area contributed by atoms with Crippen LogP contribution in [0.5, 0.6) is 0 Å². The van der Waals surface area contributed by atoms with Gasteiger partial charge in [0.25, 0.3) is 5.91 Å². The molecule has 0 unspecified atom stereocenters. The van der Waals surface area contributed by atoms with Gasteiger partial charge in [-0.2, -0.15) is 5.10 Å². The fourth-order valence-electron chi connectivity index (χ4n) is 5.39. The summed E-state index contributed by atoms with van der Waals surface area (Å²) in [5.74, 6) is -0.861. The number of carbonyl (C=O) groups is 2. The maximum atomic E-state index is 13.5. The Kier molecular flexibility index (Phi) is 6.45. The summed E-state index contributed by atoms with van der Waals surface area (Å²) in [6, 6.07) is 6.89. The number of fused-ring (bicyclic) bond motifs is 3. The van der Waals surface area contributed by atoms with E-state index in [0.717, 1.165) is 0 Å². The highest BCUT2D eigenvalue weighted by Gasteiger charge is 2.39. The summed E-state index contributed by atoms with van der Waals surface area (Å²) < 4.78 is 39.2. The molecule has 0 N–H and O–H groups in total. The minimum atomic E-state index is -3.61. The fourth-order valence-corrected chi connectivity index (χ4v) is 6.98. The van der Waals surface area contributed by atoms with Gasteiger partial charge in [-0.25, -0.2) is 8.42 Å². The van der Waals surface area contributed by atoms with Crippen molar-refractivity contribution in [3.8, 4) is 11.3 Å². The predicted molar refractivity (Wildman–Crippen MR) is 132 cm³/mol. The number of carbonyl (C=O) groups excluding carboxylic acids is 2. The highest BCUT2D eigenvalue weighted by atomic mass is 32.2. The molecular weight excluding hydrogens is 482 g/mol. The first kappa shape index (κ1) is 25.0. The van der Waals surface area contributed by atoms with Crippen molar-refractivity contribution in [1.82, 2.24) is 14.7 Å². The number of hydrogen-bond donors (Lipinski definition) is 0. The zero-order valence-corrected chi connectivity index (χ0v) is 21.8. The van der Waals surface area contributed by atoms with Gasteiger partial charge in [0, 0.05) is 24.2 Å². The number of nitrogens with zero attached hydrogens (tertiary/aromatic N) is 3. The van der Waals surface area contributed by atoms with E-state index in [2.05, 4.69) is 0 Å². The molecule has 2 aromatic rings. The fraction of sp³-hybridized carbons (Fsp3) is 0.577. The van der Waals surface area contributed by atoms with Crippen LogP contribution in [0.4, 0.5) is 0 Å². The molecule has 0 atom stereocenters. The highest BCUT2D eigenvalue weighted by molar-refractivity contribution is 7.90. The van der Waals surface area contributed by atoms with E-state index >= 15 is 0 Å². The summed E-state index contributed by atoms with van der Waals surface area (Å²) in [7, 11) is -3.61. The zero-order valence-electron chi connectivity index (χ0n) is 21.0. The second-order valence-corrected chi connectivity index (χ2v) is 12.8. The summed E-state index contributed by atoms with van der Waals surface area (Å²) in [6.07, 6.45) is 2.69. The number of sulfone groups is 1. The molecule has 1 aliphatic carbocycles. The Balaban J connectivity index is 1.51. The van der Waals surface area contributed by atoms with Gasteiger partial charge in [-0.1, -0.05) is 18.2 Å². The van der Waals surface area contributed by atoms with Crippen LogP contribution in [0.25, 0.3) is 11.3 Å². The Labute approximate surface area is 211 Å². The third-order valence-corrected chi connectivity index (χ3v) is 8.80. The molecule has 9 nitrogen and oxygen atoms in total. The van der Waals surface area contributed by atoms with Crippen molar-refractivity contribution in [2.45, 2.75) is 68.7 Å². The van der Waals surface area contributed by atoms with Crippen molar-refractivity contribution in [3.05, 3.63) is 35.5 Å². The molecule has 2 aliphatic heterocycles. The lowest BCUT2D eigenvalue weighted by Crippen LogP contribution is -2.41. The minimum Gasteiger partial charge on any atom is -0.460 e. The minimum absolute atomic E-state index is 0.0439. The monoisotopic (exact) mass is 515 g/mol. The van der Waals surface area contributed by atoms with E-state index < -0.39 is 15.4 Å². The van der Waals surface area contributed by atoms with Gasteiger partial charge < -0.3 is 14.4 Å². The van der Waals surface area contributed by atoms with Gasteiger partial charge in [-0.3, -0.25) is 14.3 Å². The molecule has 0 radical (unpaired) electrons. The maximum absolute atomic E-state index is 13.5. The summed E-state index contributed by atoms with van der Waals surface area (Å²) in [6.45, 7) is 7.39. The molecule has 5 rings (SSSR count). The van der Waals surface area contributed by atoms with Crippen molar-refractivity contribution in [2.75, 3.05) is 26.3 Å². The van der Waals surface area contributed by atoms with Crippen LogP contribution in [0, 0.1) is 5.92 Å². The molecule has 0 spiro atoms. The average Bonchev–Trinajstić information content (AvgIpc) is 3.22. The summed E-state index contributed by atoms with van der Waals surface area (Å²) in [4.78, 5) is 28.1. The van der Waals surface area contributed by atoms with Gasteiger partial charge in [-0.05, 0) is 52.5 Å². The number of rotatable bonds is 3. The molecule has 2 fully saturated rings. The lowest BCUT2D eigenvalue weighted by atomic mass is 9.85. The van der Waals surface area contributed by atoms with E-state index in [4.69, 9.17) is 14.6 Å². The SMILES string of the molecule is CC(C)(C)OC(=O)C1CCC(n2nc(C(=O)N3CCOCC3)c3c2-c2ccccc2S(=O)(=O)C3)CC1. The molecular formula is C26H33N3O6S. The number of morpholine rings is 1. The van der Waals surface area contributed by atoms with E-state index in [-0.39, 0.29) is 40.2 Å². The van der Waals surface area contributed by atoms with E-state index in [1.807, 2.05) is 31.5 Å². The van der Waals surface area contributed by atoms with Gasteiger partial charge in [0.05, 0.1) is 41.5 Å². The number of ether oxygens (including phenoxy) is 2. The largest absolute Gasteiger partial charge is 0.460 e. The molecule has 3 heterocycles. The Bertz CT molecular complexity index is 1280. The van der Waals surface area contributed by atoms with Gasteiger partial charge in [-0.15, -0.1) is 0 Å². The molecule has 0 bridgehead atoms. The topological polar surface area (TPSA) is 108 Å². The first-order valence-corrected chi connectivity index (χ1v) is 14.2. The van der Waals surface area contributed by atoms with Crippen LogP contribution >= 0.6 is 0 Å². The van der Waals surface area contributed by atoms with E-state index in [0.29, 0.717) is 68.8 Å². The van der Waals surface area contributed by atoms with Crippen LogP contribution in [-0.2, 0) is 29.9 Å². The summed E-state index contributed by atoms with van der Waals surface area (Å²) in [5, 5.41) is 4.79. The van der Waals surface area contributed by atoms with Crippen LogP contribution in [0.3, 0.4) is 0 Å². The number of benzene rings is 1.